The largest absolute Gasteiger partial charge is 0.423 e. The molecule has 4 aromatic rings. The van der Waals surface area contributed by atoms with Crippen molar-refractivity contribution in [2.24, 2.45) is 5.10 Å². The zero-order chi connectivity index (χ0) is 23.0. The maximum absolute atomic E-state index is 13.2. The molecular formula is C26H20FN3O3. The summed E-state index contributed by atoms with van der Waals surface area (Å²) in [4.78, 5) is 24.2. The van der Waals surface area contributed by atoms with E-state index >= 15 is 0 Å². The molecule has 0 aliphatic carbocycles. The average molecular weight is 441 g/mol. The molecular weight excluding hydrogens is 421 g/mol. The van der Waals surface area contributed by atoms with Crippen molar-refractivity contribution in [3.05, 3.63) is 108 Å². The Kier molecular flexibility index (Phi) is 6.70. The molecule has 2 N–H and O–H groups in total. The monoisotopic (exact) mass is 441 g/mol. The lowest BCUT2D eigenvalue weighted by molar-refractivity contribution is -0.119. The fourth-order valence-electron chi connectivity index (χ4n) is 3.18. The normalized spacial score (nSPS) is 10.8. The molecule has 0 saturated heterocycles. The summed E-state index contributed by atoms with van der Waals surface area (Å²) in [5, 5.41) is 9.20. The van der Waals surface area contributed by atoms with Gasteiger partial charge >= 0.3 is 5.97 Å². The minimum atomic E-state index is -0.651. The van der Waals surface area contributed by atoms with Crippen molar-refractivity contribution < 1.29 is 18.7 Å². The highest BCUT2D eigenvalue weighted by atomic mass is 19.1. The van der Waals surface area contributed by atoms with E-state index in [1.54, 1.807) is 24.3 Å². The SMILES string of the molecule is O=C(CNc1cccc2ccccc12)NN=Cc1ccc(OC(=O)c2cccc(F)c2)cc1. The number of anilines is 1. The number of esters is 1. The maximum atomic E-state index is 13.2. The summed E-state index contributed by atoms with van der Waals surface area (Å²) >= 11 is 0. The molecule has 0 aliphatic heterocycles. The van der Waals surface area contributed by atoms with Crippen LogP contribution in [0.1, 0.15) is 15.9 Å². The molecule has 0 unspecified atom stereocenters. The Bertz CT molecular complexity index is 1310. The third kappa shape index (κ3) is 5.80. The molecule has 0 radical (unpaired) electrons. The third-order valence-electron chi connectivity index (χ3n) is 4.78. The molecule has 0 aromatic heterocycles. The number of carbonyl (C=O) groups excluding carboxylic acids is 2. The van der Waals surface area contributed by atoms with E-state index in [-0.39, 0.29) is 18.0 Å². The molecule has 164 valence electrons. The predicted molar refractivity (Wildman–Crippen MR) is 126 cm³/mol. The maximum Gasteiger partial charge on any atom is 0.343 e. The van der Waals surface area contributed by atoms with Crippen molar-refractivity contribution in [2.45, 2.75) is 0 Å². The number of hydrazone groups is 1. The van der Waals surface area contributed by atoms with Crippen molar-refractivity contribution in [1.82, 2.24) is 5.43 Å². The molecule has 0 aliphatic rings. The summed E-state index contributed by atoms with van der Waals surface area (Å²) in [6.07, 6.45) is 1.48. The number of hydrogen-bond acceptors (Lipinski definition) is 5. The van der Waals surface area contributed by atoms with Crippen LogP contribution < -0.4 is 15.5 Å². The molecule has 0 heterocycles. The molecule has 7 heteroatoms. The van der Waals surface area contributed by atoms with E-state index < -0.39 is 11.8 Å². The minimum absolute atomic E-state index is 0.0698. The van der Waals surface area contributed by atoms with Gasteiger partial charge in [-0.1, -0.05) is 42.5 Å². The summed E-state index contributed by atoms with van der Waals surface area (Å²) in [6, 6.07) is 25.6. The summed E-state index contributed by atoms with van der Waals surface area (Å²) in [5.74, 6) is -1.14. The van der Waals surface area contributed by atoms with Crippen LogP contribution in [0.15, 0.2) is 96.1 Å². The Morgan fingerprint density at radius 3 is 2.48 bits per heavy atom. The Morgan fingerprint density at radius 2 is 1.67 bits per heavy atom. The van der Waals surface area contributed by atoms with Crippen LogP contribution in [0.4, 0.5) is 10.1 Å². The quantitative estimate of drug-likeness (QED) is 0.188. The second-order valence-electron chi connectivity index (χ2n) is 7.14. The molecule has 4 aromatic carbocycles. The molecule has 0 spiro atoms. The summed E-state index contributed by atoms with van der Waals surface area (Å²) in [6.45, 7) is 0.0698. The van der Waals surface area contributed by atoms with Gasteiger partial charge < -0.3 is 10.1 Å². The first kappa shape index (κ1) is 21.7. The Hall–Kier alpha value is -4.52. The van der Waals surface area contributed by atoms with Crippen LogP contribution in [0.2, 0.25) is 0 Å². The van der Waals surface area contributed by atoms with Crippen LogP contribution in [-0.2, 0) is 4.79 Å². The highest BCUT2D eigenvalue weighted by molar-refractivity contribution is 5.95. The number of rotatable bonds is 7. The number of fused-ring (bicyclic) bond motifs is 1. The minimum Gasteiger partial charge on any atom is -0.423 e. The van der Waals surface area contributed by atoms with Crippen molar-refractivity contribution in [3.63, 3.8) is 0 Å². The van der Waals surface area contributed by atoms with Crippen LogP contribution in [-0.4, -0.2) is 24.6 Å². The van der Waals surface area contributed by atoms with Crippen molar-refractivity contribution >= 4 is 34.6 Å². The molecule has 1 amide bonds. The number of nitrogens with one attached hydrogen (secondary N) is 2. The third-order valence-corrected chi connectivity index (χ3v) is 4.78. The lowest BCUT2D eigenvalue weighted by Gasteiger charge is -2.08. The van der Waals surface area contributed by atoms with E-state index in [1.165, 1.54) is 24.4 Å². The Labute approximate surface area is 189 Å². The second-order valence-corrected chi connectivity index (χ2v) is 7.14. The lowest BCUT2D eigenvalue weighted by atomic mass is 10.1. The number of carbonyl (C=O) groups is 2. The summed E-state index contributed by atoms with van der Waals surface area (Å²) < 4.78 is 18.5. The number of benzene rings is 4. The zero-order valence-electron chi connectivity index (χ0n) is 17.5. The van der Waals surface area contributed by atoms with Crippen molar-refractivity contribution in [1.29, 1.82) is 0 Å². The molecule has 33 heavy (non-hydrogen) atoms. The number of ether oxygens (including phenoxy) is 1. The molecule has 0 atom stereocenters. The highest BCUT2D eigenvalue weighted by Crippen LogP contribution is 2.22. The summed E-state index contributed by atoms with van der Waals surface area (Å²) in [7, 11) is 0. The van der Waals surface area contributed by atoms with E-state index in [4.69, 9.17) is 4.74 Å². The van der Waals surface area contributed by atoms with Gasteiger partial charge in [0.2, 0.25) is 0 Å². The van der Waals surface area contributed by atoms with Crippen LogP contribution in [0, 0.1) is 5.82 Å². The standard InChI is InChI=1S/C26H20FN3O3/c27-21-8-3-7-20(15-21)26(32)33-22-13-11-18(12-14-22)16-29-30-25(31)17-28-24-10-4-6-19-5-1-2-9-23(19)24/h1-16,28H,17H2,(H,30,31). The zero-order valence-corrected chi connectivity index (χ0v) is 17.5. The van der Waals surface area contributed by atoms with Gasteiger partial charge in [-0.3, -0.25) is 4.79 Å². The van der Waals surface area contributed by atoms with E-state index in [1.807, 2.05) is 42.5 Å². The van der Waals surface area contributed by atoms with Gasteiger partial charge in [-0.25, -0.2) is 14.6 Å². The number of halogens is 1. The van der Waals surface area contributed by atoms with Crippen molar-refractivity contribution in [3.8, 4) is 5.75 Å². The highest BCUT2D eigenvalue weighted by Gasteiger charge is 2.09. The number of amides is 1. The Morgan fingerprint density at radius 1 is 0.909 bits per heavy atom. The fourth-order valence-corrected chi connectivity index (χ4v) is 3.18. The van der Waals surface area contributed by atoms with Crippen LogP contribution in [0.5, 0.6) is 5.75 Å². The Balaban J connectivity index is 1.27. The first-order chi connectivity index (χ1) is 16.1. The van der Waals surface area contributed by atoms with Crippen LogP contribution in [0.25, 0.3) is 10.8 Å². The van der Waals surface area contributed by atoms with E-state index in [2.05, 4.69) is 15.8 Å². The molecule has 0 fully saturated rings. The summed E-state index contributed by atoms with van der Waals surface area (Å²) in [5.41, 5.74) is 4.16. The van der Waals surface area contributed by atoms with Gasteiger partial charge in [0.25, 0.3) is 5.91 Å². The van der Waals surface area contributed by atoms with Crippen molar-refractivity contribution in [2.75, 3.05) is 11.9 Å². The van der Waals surface area contributed by atoms with Gasteiger partial charge in [-0.05, 0) is 59.5 Å². The van der Waals surface area contributed by atoms with Gasteiger partial charge in [0.1, 0.15) is 11.6 Å². The molecule has 0 bridgehead atoms. The van der Waals surface area contributed by atoms with E-state index in [0.717, 1.165) is 22.5 Å². The molecule has 0 saturated carbocycles. The average Bonchev–Trinajstić information content (AvgIpc) is 2.84. The molecule has 6 nitrogen and oxygen atoms in total. The van der Waals surface area contributed by atoms with Gasteiger partial charge in [0, 0.05) is 11.1 Å². The number of hydrogen-bond donors (Lipinski definition) is 2. The van der Waals surface area contributed by atoms with E-state index in [9.17, 15) is 14.0 Å². The second kappa shape index (κ2) is 10.2. The smallest absolute Gasteiger partial charge is 0.343 e. The van der Waals surface area contributed by atoms with Crippen LogP contribution >= 0.6 is 0 Å². The molecule has 4 rings (SSSR count). The van der Waals surface area contributed by atoms with Gasteiger partial charge in [-0.2, -0.15) is 5.10 Å². The van der Waals surface area contributed by atoms with Gasteiger partial charge in [0.15, 0.2) is 0 Å². The van der Waals surface area contributed by atoms with Gasteiger partial charge in [0.05, 0.1) is 18.3 Å². The van der Waals surface area contributed by atoms with Crippen LogP contribution in [0.3, 0.4) is 0 Å². The van der Waals surface area contributed by atoms with Gasteiger partial charge in [-0.15, -0.1) is 0 Å². The first-order valence-corrected chi connectivity index (χ1v) is 10.2. The number of nitrogens with zero attached hydrogens (tertiary/aromatic N) is 1. The topological polar surface area (TPSA) is 79.8 Å². The lowest BCUT2D eigenvalue weighted by Crippen LogP contribution is -2.25. The first-order valence-electron chi connectivity index (χ1n) is 10.2. The predicted octanol–water partition coefficient (Wildman–Crippen LogP) is 4.76. The van der Waals surface area contributed by atoms with E-state index in [0.29, 0.717) is 11.3 Å². The fraction of sp³-hybridized carbons (Fsp3) is 0.0385.